The summed E-state index contributed by atoms with van der Waals surface area (Å²) < 4.78 is 12.3. The van der Waals surface area contributed by atoms with E-state index in [-0.39, 0.29) is 11.7 Å². The van der Waals surface area contributed by atoms with Crippen LogP contribution in [-0.4, -0.2) is 34.2 Å². The average molecular weight is 289 g/mol. The predicted molar refractivity (Wildman–Crippen MR) is 81.4 cm³/mol. The first-order valence-corrected chi connectivity index (χ1v) is 8.49. The standard InChI is InChI=1S/C16H19NO2S/c18-16(17-9-3-4-10-17)12-20(19)15-8-7-13-5-1-2-6-14(13)11-15/h1-2,6-8,11,13H,3-5,9-10,12H2. The van der Waals surface area contributed by atoms with Crippen molar-refractivity contribution in [3.8, 4) is 0 Å². The van der Waals surface area contributed by atoms with E-state index in [0.29, 0.717) is 5.92 Å². The fraction of sp³-hybridized carbons (Fsp3) is 0.438. The number of carbonyl (C=O) groups is 1. The first-order valence-electron chi connectivity index (χ1n) is 7.17. The van der Waals surface area contributed by atoms with Crippen LogP contribution in [0.25, 0.3) is 0 Å². The van der Waals surface area contributed by atoms with Crippen molar-refractivity contribution in [1.29, 1.82) is 0 Å². The Balaban J connectivity index is 1.65. The summed E-state index contributed by atoms with van der Waals surface area (Å²) in [4.78, 5) is 14.6. The van der Waals surface area contributed by atoms with Crippen molar-refractivity contribution in [1.82, 2.24) is 4.90 Å². The van der Waals surface area contributed by atoms with Crippen molar-refractivity contribution < 1.29 is 9.35 Å². The lowest BCUT2D eigenvalue weighted by atomic mass is 9.88. The Kier molecular flexibility index (Phi) is 4.13. The van der Waals surface area contributed by atoms with Crippen LogP contribution in [0.4, 0.5) is 0 Å². The number of amides is 1. The minimum absolute atomic E-state index is 0.0229. The van der Waals surface area contributed by atoms with Crippen LogP contribution in [0.1, 0.15) is 19.3 Å². The zero-order chi connectivity index (χ0) is 13.9. The molecule has 0 spiro atoms. The SMILES string of the molecule is O=C(C[S+]([O-])C1=CC2=CC=CCC2C=C1)N1CCCC1. The third-order valence-corrected chi connectivity index (χ3v) is 5.31. The molecule has 20 heavy (non-hydrogen) atoms. The molecule has 1 saturated heterocycles. The first kappa shape index (κ1) is 13.7. The maximum atomic E-state index is 12.3. The van der Waals surface area contributed by atoms with Gasteiger partial charge in [-0.25, -0.2) is 0 Å². The van der Waals surface area contributed by atoms with Crippen LogP contribution in [0.3, 0.4) is 0 Å². The summed E-state index contributed by atoms with van der Waals surface area (Å²) >= 11 is -1.23. The highest BCUT2D eigenvalue weighted by Crippen LogP contribution is 2.30. The highest BCUT2D eigenvalue weighted by molar-refractivity contribution is 7.96. The molecule has 1 amide bonds. The smallest absolute Gasteiger partial charge is 0.272 e. The summed E-state index contributed by atoms with van der Waals surface area (Å²) in [5.41, 5.74) is 1.20. The van der Waals surface area contributed by atoms with Crippen LogP contribution in [-0.2, 0) is 16.0 Å². The summed E-state index contributed by atoms with van der Waals surface area (Å²) in [6.45, 7) is 1.64. The van der Waals surface area contributed by atoms with Crippen LogP contribution in [0.2, 0.25) is 0 Å². The molecule has 2 unspecified atom stereocenters. The van der Waals surface area contributed by atoms with Crippen molar-refractivity contribution in [3.63, 3.8) is 0 Å². The van der Waals surface area contributed by atoms with E-state index in [1.54, 1.807) is 0 Å². The molecule has 1 aliphatic heterocycles. The molecule has 0 aromatic heterocycles. The topological polar surface area (TPSA) is 43.4 Å². The second-order valence-corrected chi connectivity index (χ2v) is 6.87. The average Bonchev–Trinajstić information content (AvgIpc) is 3.01. The highest BCUT2D eigenvalue weighted by atomic mass is 32.2. The van der Waals surface area contributed by atoms with Crippen LogP contribution in [0.15, 0.2) is 46.9 Å². The second-order valence-electron chi connectivity index (χ2n) is 5.42. The highest BCUT2D eigenvalue weighted by Gasteiger charge is 2.26. The van der Waals surface area contributed by atoms with Gasteiger partial charge in [-0.15, -0.1) is 0 Å². The van der Waals surface area contributed by atoms with Crippen molar-refractivity contribution in [2.24, 2.45) is 5.92 Å². The van der Waals surface area contributed by atoms with Gasteiger partial charge in [0, 0.05) is 19.0 Å². The van der Waals surface area contributed by atoms with Crippen LogP contribution in [0, 0.1) is 5.92 Å². The number of carbonyl (C=O) groups excluding carboxylic acids is 1. The third kappa shape index (κ3) is 2.91. The fourth-order valence-corrected chi connectivity index (χ4v) is 3.90. The summed E-state index contributed by atoms with van der Waals surface area (Å²) in [5, 5.41) is 0. The quantitative estimate of drug-likeness (QED) is 0.748. The normalized spacial score (nSPS) is 26.1. The fourth-order valence-electron chi connectivity index (χ4n) is 2.83. The summed E-state index contributed by atoms with van der Waals surface area (Å²) in [6, 6.07) is 0. The molecule has 2 aliphatic carbocycles. The Labute approximate surface area is 122 Å². The number of fused-ring (bicyclic) bond motifs is 1. The van der Waals surface area contributed by atoms with Crippen LogP contribution < -0.4 is 0 Å². The van der Waals surface area contributed by atoms with Crippen LogP contribution >= 0.6 is 0 Å². The Morgan fingerprint density at radius 2 is 2.20 bits per heavy atom. The molecule has 2 atom stereocenters. The predicted octanol–water partition coefficient (Wildman–Crippen LogP) is 2.31. The number of hydrogen-bond donors (Lipinski definition) is 0. The van der Waals surface area contributed by atoms with E-state index in [4.69, 9.17) is 0 Å². The van der Waals surface area contributed by atoms with Crippen molar-refractivity contribution in [2.75, 3.05) is 18.8 Å². The molecule has 1 heterocycles. The van der Waals surface area contributed by atoms with Crippen molar-refractivity contribution >= 4 is 17.1 Å². The van der Waals surface area contributed by atoms with Gasteiger partial charge in [-0.1, -0.05) is 24.3 Å². The van der Waals surface area contributed by atoms with E-state index in [0.717, 1.165) is 37.3 Å². The van der Waals surface area contributed by atoms with Crippen molar-refractivity contribution in [3.05, 3.63) is 46.9 Å². The lowest BCUT2D eigenvalue weighted by molar-refractivity contribution is -0.127. The molecule has 0 radical (unpaired) electrons. The van der Waals surface area contributed by atoms with E-state index in [1.807, 2.05) is 23.1 Å². The number of nitrogens with zero attached hydrogens (tertiary/aromatic N) is 1. The Morgan fingerprint density at radius 1 is 1.40 bits per heavy atom. The van der Waals surface area contributed by atoms with E-state index in [9.17, 15) is 9.35 Å². The molecule has 0 N–H and O–H groups in total. The van der Waals surface area contributed by atoms with E-state index in [1.165, 1.54) is 5.57 Å². The zero-order valence-electron chi connectivity index (χ0n) is 11.5. The Morgan fingerprint density at radius 3 is 3.00 bits per heavy atom. The van der Waals surface area contributed by atoms with Gasteiger partial charge < -0.3 is 9.45 Å². The van der Waals surface area contributed by atoms with Gasteiger partial charge in [-0.3, -0.25) is 4.79 Å². The number of likely N-dealkylation sites (tertiary alicyclic amines) is 1. The minimum atomic E-state index is -1.23. The zero-order valence-corrected chi connectivity index (χ0v) is 12.3. The molecule has 0 aromatic carbocycles. The van der Waals surface area contributed by atoms with Crippen LogP contribution in [0.5, 0.6) is 0 Å². The Hall–Kier alpha value is -1.26. The minimum Gasteiger partial charge on any atom is -0.611 e. The lowest BCUT2D eigenvalue weighted by Gasteiger charge is -2.22. The monoisotopic (exact) mass is 289 g/mol. The van der Waals surface area contributed by atoms with E-state index >= 15 is 0 Å². The van der Waals surface area contributed by atoms with E-state index < -0.39 is 11.2 Å². The number of allylic oxidation sites excluding steroid dienone is 7. The number of hydrogen-bond acceptors (Lipinski definition) is 2. The summed E-state index contributed by atoms with van der Waals surface area (Å²) in [6.07, 6.45) is 15.4. The molecule has 3 rings (SSSR count). The summed E-state index contributed by atoms with van der Waals surface area (Å²) in [5.74, 6) is 0.550. The van der Waals surface area contributed by atoms with Crippen molar-refractivity contribution in [2.45, 2.75) is 19.3 Å². The molecular weight excluding hydrogens is 270 g/mol. The second kappa shape index (κ2) is 6.02. The van der Waals surface area contributed by atoms with Gasteiger partial charge in [-0.2, -0.15) is 0 Å². The summed E-state index contributed by atoms with van der Waals surface area (Å²) in [7, 11) is 0. The molecule has 106 valence electrons. The molecule has 1 fully saturated rings. The van der Waals surface area contributed by atoms with Gasteiger partial charge in [0.2, 0.25) is 0 Å². The molecule has 0 aromatic rings. The molecule has 3 nitrogen and oxygen atoms in total. The van der Waals surface area contributed by atoms with E-state index in [2.05, 4.69) is 18.2 Å². The number of rotatable bonds is 3. The van der Waals surface area contributed by atoms with Gasteiger partial charge in [-0.05, 0) is 48.2 Å². The third-order valence-electron chi connectivity index (χ3n) is 4.02. The van der Waals surface area contributed by atoms with Gasteiger partial charge in [0.15, 0.2) is 10.7 Å². The molecule has 0 bridgehead atoms. The van der Waals surface area contributed by atoms with Gasteiger partial charge in [0.25, 0.3) is 5.91 Å². The Bertz CT molecular complexity index is 513. The maximum Gasteiger partial charge on any atom is 0.272 e. The molecule has 4 heteroatoms. The van der Waals surface area contributed by atoms with Gasteiger partial charge in [0.1, 0.15) is 0 Å². The first-order chi connectivity index (χ1) is 9.74. The van der Waals surface area contributed by atoms with Gasteiger partial charge in [0.05, 0.1) is 0 Å². The molecular formula is C16H19NO2S. The van der Waals surface area contributed by atoms with Gasteiger partial charge >= 0.3 is 0 Å². The molecule has 3 aliphatic rings. The lowest BCUT2D eigenvalue weighted by Crippen LogP contribution is -2.33. The largest absolute Gasteiger partial charge is 0.611 e. The maximum absolute atomic E-state index is 12.3. The molecule has 0 saturated carbocycles.